The van der Waals surface area contributed by atoms with Crippen molar-refractivity contribution in [1.82, 2.24) is 5.32 Å². The van der Waals surface area contributed by atoms with Crippen LogP contribution in [0.2, 0.25) is 0 Å². The van der Waals surface area contributed by atoms with Crippen molar-refractivity contribution >= 4 is 5.84 Å². The molecule has 1 atom stereocenters. The van der Waals surface area contributed by atoms with E-state index in [2.05, 4.69) is 24.3 Å². The number of oxime groups is 1. The molecular weight excluding hydrogens is 226 g/mol. The molecule has 1 aromatic carbocycles. The van der Waals surface area contributed by atoms with Crippen molar-refractivity contribution < 1.29 is 5.21 Å². The minimum Gasteiger partial charge on any atom is -0.409 e. The van der Waals surface area contributed by atoms with Crippen molar-refractivity contribution in [2.45, 2.75) is 26.8 Å². The van der Waals surface area contributed by atoms with E-state index in [1.807, 2.05) is 24.3 Å². The van der Waals surface area contributed by atoms with E-state index in [0.29, 0.717) is 5.41 Å². The minimum absolute atomic E-state index is 0.166. The van der Waals surface area contributed by atoms with Crippen LogP contribution >= 0.6 is 0 Å². The molecule has 1 aromatic rings. The number of nitrogens with zero attached hydrogens (tertiary/aromatic N) is 1. The van der Waals surface area contributed by atoms with E-state index in [0.717, 1.165) is 30.1 Å². The Morgan fingerprint density at radius 2 is 2.17 bits per heavy atom. The third kappa shape index (κ3) is 2.82. The highest BCUT2D eigenvalue weighted by atomic mass is 16.4. The maximum Gasteiger partial charge on any atom is 0.170 e. The summed E-state index contributed by atoms with van der Waals surface area (Å²) in [5.41, 5.74) is 8.01. The van der Waals surface area contributed by atoms with E-state index in [4.69, 9.17) is 10.9 Å². The molecule has 1 unspecified atom stereocenters. The van der Waals surface area contributed by atoms with Crippen molar-refractivity contribution in [3.63, 3.8) is 0 Å². The molecule has 0 bridgehead atoms. The summed E-state index contributed by atoms with van der Waals surface area (Å²) in [6, 6.07) is 7.72. The number of nitrogens with one attached hydrogen (secondary N) is 1. The number of hydrogen-bond donors (Lipinski definition) is 3. The molecule has 0 aliphatic heterocycles. The summed E-state index contributed by atoms with van der Waals surface area (Å²) in [5.74, 6) is 0.938. The molecule has 4 heteroatoms. The van der Waals surface area contributed by atoms with Crippen molar-refractivity contribution in [3.8, 4) is 0 Å². The molecule has 0 radical (unpaired) electrons. The van der Waals surface area contributed by atoms with E-state index >= 15 is 0 Å². The molecule has 0 heterocycles. The number of nitrogens with two attached hydrogens (primary N) is 1. The van der Waals surface area contributed by atoms with Crippen LogP contribution in [0.5, 0.6) is 0 Å². The van der Waals surface area contributed by atoms with Gasteiger partial charge in [-0.25, -0.2) is 0 Å². The monoisotopic (exact) mass is 247 g/mol. The second kappa shape index (κ2) is 4.98. The lowest BCUT2D eigenvalue weighted by Crippen LogP contribution is -2.22. The summed E-state index contributed by atoms with van der Waals surface area (Å²) in [7, 11) is 0. The second-order valence-electron chi connectivity index (χ2n) is 5.66. The Hall–Kier alpha value is -1.55. The number of amidine groups is 1. The number of hydrogen-bond acceptors (Lipinski definition) is 3. The smallest absolute Gasteiger partial charge is 0.170 e. The van der Waals surface area contributed by atoms with Crippen LogP contribution in [0, 0.1) is 11.3 Å². The molecule has 0 spiro atoms. The van der Waals surface area contributed by atoms with Crippen molar-refractivity contribution in [1.29, 1.82) is 0 Å². The highest BCUT2D eigenvalue weighted by Crippen LogP contribution is 2.50. The summed E-state index contributed by atoms with van der Waals surface area (Å²) in [6.45, 7) is 6.36. The molecule has 18 heavy (non-hydrogen) atoms. The number of rotatable bonds is 5. The maximum absolute atomic E-state index is 8.75. The fraction of sp³-hybridized carbons (Fsp3) is 0.500. The lowest BCUT2D eigenvalue weighted by Gasteiger charge is -2.10. The third-order valence-corrected chi connectivity index (χ3v) is 3.82. The Bertz CT molecular complexity index is 454. The van der Waals surface area contributed by atoms with Crippen LogP contribution in [-0.2, 0) is 6.54 Å². The van der Waals surface area contributed by atoms with Gasteiger partial charge >= 0.3 is 0 Å². The molecule has 0 amide bonds. The zero-order chi connectivity index (χ0) is 13.2. The standard InChI is InChI=1S/C14H21N3O/c1-14(2)7-11(14)9-16-8-10-5-3-4-6-12(10)13(15)17-18/h3-6,11,16,18H,7-9H2,1-2H3,(H2,15,17). The first kappa shape index (κ1) is 12.9. The molecule has 1 saturated carbocycles. The van der Waals surface area contributed by atoms with E-state index in [1.165, 1.54) is 6.42 Å². The van der Waals surface area contributed by atoms with Gasteiger partial charge in [0.1, 0.15) is 0 Å². The Morgan fingerprint density at radius 1 is 1.50 bits per heavy atom. The molecule has 4 N–H and O–H groups in total. The topological polar surface area (TPSA) is 70.6 Å². The first-order valence-corrected chi connectivity index (χ1v) is 6.31. The van der Waals surface area contributed by atoms with Gasteiger partial charge in [-0.05, 0) is 29.9 Å². The second-order valence-corrected chi connectivity index (χ2v) is 5.66. The SMILES string of the molecule is CC1(C)CC1CNCc1ccccc1/C(N)=N/O. The predicted octanol–water partition coefficient (Wildman–Crippen LogP) is 1.92. The van der Waals surface area contributed by atoms with E-state index in [-0.39, 0.29) is 5.84 Å². The maximum atomic E-state index is 8.75. The largest absolute Gasteiger partial charge is 0.409 e. The van der Waals surface area contributed by atoms with Crippen LogP contribution in [0.15, 0.2) is 29.4 Å². The summed E-state index contributed by atoms with van der Waals surface area (Å²) in [4.78, 5) is 0. The van der Waals surface area contributed by atoms with Crippen LogP contribution in [0.3, 0.4) is 0 Å². The van der Waals surface area contributed by atoms with Gasteiger partial charge in [0.2, 0.25) is 0 Å². The van der Waals surface area contributed by atoms with E-state index in [9.17, 15) is 0 Å². The van der Waals surface area contributed by atoms with Crippen LogP contribution in [-0.4, -0.2) is 17.6 Å². The van der Waals surface area contributed by atoms with Gasteiger partial charge in [-0.15, -0.1) is 0 Å². The van der Waals surface area contributed by atoms with Crippen molar-refractivity contribution in [3.05, 3.63) is 35.4 Å². The van der Waals surface area contributed by atoms with Gasteiger partial charge in [0.15, 0.2) is 5.84 Å². The van der Waals surface area contributed by atoms with Gasteiger partial charge in [0, 0.05) is 12.1 Å². The predicted molar refractivity (Wildman–Crippen MR) is 72.5 cm³/mol. The zero-order valence-electron chi connectivity index (χ0n) is 11.0. The molecule has 0 saturated heterocycles. The van der Waals surface area contributed by atoms with Gasteiger partial charge in [-0.3, -0.25) is 0 Å². The first-order valence-electron chi connectivity index (χ1n) is 6.31. The quantitative estimate of drug-likeness (QED) is 0.322. The Balaban J connectivity index is 1.93. The minimum atomic E-state index is 0.166. The van der Waals surface area contributed by atoms with Gasteiger partial charge in [-0.1, -0.05) is 43.3 Å². The summed E-state index contributed by atoms with van der Waals surface area (Å²) >= 11 is 0. The molecule has 4 nitrogen and oxygen atoms in total. The molecular formula is C14H21N3O. The van der Waals surface area contributed by atoms with Gasteiger partial charge in [0.25, 0.3) is 0 Å². The van der Waals surface area contributed by atoms with Crippen LogP contribution < -0.4 is 11.1 Å². The van der Waals surface area contributed by atoms with E-state index in [1.54, 1.807) is 0 Å². The molecule has 1 aliphatic rings. The average Bonchev–Trinajstić information content (AvgIpc) is 2.97. The molecule has 0 aromatic heterocycles. The highest BCUT2D eigenvalue weighted by Gasteiger charge is 2.44. The van der Waals surface area contributed by atoms with Crippen LogP contribution in [0.4, 0.5) is 0 Å². The Morgan fingerprint density at radius 3 is 2.78 bits per heavy atom. The normalized spacial score (nSPS) is 21.9. The molecule has 98 valence electrons. The third-order valence-electron chi connectivity index (χ3n) is 3.82. The average molecular weight is 247 g/mol. The van der Waals surface area contributed by atoms with Crippen LogP contribution in [0.1, 0.15) is 31.4 Å². The molecule has 1 fully saturated rings. The summed E-state index contributed by atoms with van der Waals surface area (Å²) in [6.07, 6.45) is 1.29. The lowest BCUT2D eigenvalue weighted by molar-refractivity contribution is 0.318. The van der Waals surface area contributed by atoms with Gasteiger partial charge < -0.3 is 16.3 Å². The molecule has 1 aliphatic carbocycles. The zero-order valence-corrected chi connectivity index (χ0v) is 11.0. The highest BCUT2D eigenvalue weighted by molar-refractivity contribution is 5.98. The Kier molecular flexibility index (Phi) is 3.57. The summed E-state index contributed by atoms with van der Waals surface area (Å²) < 4.78 is 0. The fourth-order valence-corrected chi connectivity index (χ4v) is 2.28. The van der Waals surface area contributed by atoms with Crippen molar-refractivity contribution in [2.24, 2.45) is 22.2 Å². The lowest BCUT2D eigenvalue weighted by atomic mass is 10.1. The van der Waals surface area contributed by atoms with E-state index < -0.39 is 0 Å². The number of benzene rings is 1. The summed E-state index contributed by atoms with van der Waals surface area (Å²) in [5, 5.41) is 15.3. The fourth-order valence-electron chi connectivity index (χ4n) is 2.28. The van der Waals surface area contributed by atoms with Gasteiger partial charge in [-0.2, -0.15) is 0 Å². The first-order chi connectivity index (χ1) is 8.54. The van der Waals surface area contributed by atoms with Gasteiger partial charge in [0.05, 0.1) is 0 Å². The van der Waals surface area contributed by atoms with Crippen molar-refractivity contribution in [2.75, 3.05) is 6.54 Å². The Labute approximate surface area is 108 Å². The van der Waals surface area contributed by atoms with Crippen LogP contribution in [0.25, 0.3) is 0 Å². The molecule has 2 rings (SSSR count).